The van der Waals surface area contributed by atoms with Crippen LogP contribution in [0.1, 0.15) is 31.4 Å². The first kappa shape index (κ1) is 27.0. The van der Waals surface area contributed by atoms with E-state index in [1.54, 1.807) is 50.1 Å². The van der Waals surface area contributed by atoms with Gasteiger partial charge in [-0.05, 0) is 44.5 Å². The normalized spacial score (nSPS) is 20.2. The Labute approximate surface area is 239 Å². The Morgan fingerprint density at radius 3 is 2.49 bits per heavy atom. The maximum atomic E-state index is 11.5. The van der Waals surface area contributed by atoms with Crippen molar-refractivity contribution < 1.29 is 19.7 Å². The predicted octanol–water partition coefficient (Wildman–Crippen LogP) is 1.52. The molecule has 0 spiro atoms. The second-order valence-electron chi connectivity index (χ2n) is 11.5. The molecule has 0 saturated carbocycles. The molecular formula is C29H32BN7O4. The van der Waals surface area contributed by atoms with E-state index >= 15 is 0 Å². The summed E-state index contributed by atoms with van der Waals surface area (Å²) in [4.78, 5) is 13.5. The van der Waals surface area contributed by atoms with Gasteiger partial charge >= 0.3 is 0 Å². The molecule has 12 heteroatoms. The number of hydrogen-bond donors (Lipinski definition) is 2. The van der Waals surface area contributed by atoms with Crippen molar-refractivity contribution in [3.05, 3.63) is 66.2 Å². The van der Waals surface area contributed by atoms with Crippen LogP contribution in [0.3, 0.4) is 0 Å². The summed E-state index contributed by atoms with van der Waals surface area (Å²) in [6, 6.07) is 12.0. The van der Waals surface area contributed by atoms with Gasteiger partial charge in [-0.25, -0.2) is 14.5 Å². The number of fused-ring (bicyclic) bond motifs is 3. The van der Waals surface area contributed by atoms with Gasteiger partial charge in [-0.1, -0.05) is 0 Å². The lowest BCUT2D eigenvalue weighted by atomic mass is 9.74. The average molecular weight is 553 g/mol. The summed E-state index contributed by atoms with van der Waals surface area (Å²) in [7, 11) is 3.40. The van der Waals surface area contributed by atoms with Crippen LogP contribution in [0.15, 0.2) is 55.1 Å². The molecule has 3 saturated heterocycles. The van der Waals surface area contributed by atoms with Crippen molar-refractivity contribution in [2.24, 2.45) is 0 Å². The lowest BCUT2D eigenvalue weighted by Gasteiger charge is -2.61. The van der Waals surface area contributed by atoms with Crippen molar-refractivity contribution in [3.63, 3.8) is 0 Å². The third kappa shape index (κ3) is 4.97. The highest BCUT2D eigenvalue weighted by molar-refractivity contribution is 6.14. The Bertz CT molecular complexity index is 1600. The first-order valence-corrected chi connectivity index (χ1v) is 13.6. The van der Waals surface area contributed by atoms with Gasteiger partial charge in [0.25, 0.3) is 0 Å². The minimum absolute atomic E-state index is 0.109. The van der Waals surface area contributed by atoms with Gasteiger partial charge in [-0.15, -0.1) is 0 Å². The maximum Gasteiger partial charge on any atom is 0.212 e. The lowest BCUT2D eigenvalue weighted by molar-refractivity contribution is -0.157. The SMILES string of the molecule is BC(O)(c1ccc(OC)nc1)N1C2CC1CN(c1ccc(-c3cc(OCC(C)(C)O)cn4ncc(C#N)c34)cn1)C2. The Hall–Kier alpha value is -4.18. The molecule has 3 unspecified atom stereocenters. The lowest BCUT2D eigenvalue weighted by Crippen LogP contribution is -2.74. The summed E-state index contributed by atoms with van der Waals surface area (Å²) >= 11 is 0. The molecule has 2 N–H and O–H groups in total. The first-order valence-electron chi connectivity index (χ1n) is 13.6. The topological polar surface area (TPSA) is 132 Å². The number of piperidine rings is 1. The van der Waals surface area contributed by atoms with E-state index in [4.69, 9.17) is 14.5 Å². The molecule has 0 amide bonds. The molecule has 0 aliphatic carbocycles. The molecule has 7 heterocycles. The van der Waals surface area contributed by atoms with Crippen LogP contribution < -0.4 is 14.4 Å². The van der Waals surface area contributed by atoms with Crippen LogP contribution in [0.5, 0.6) is 11.6 Å². The summed E-state index contributed by atoms with van der Waals surface area (Å²) in [5.74, 6) is 1.90. The van der Waals surface area contributed by atoms with E-state index in [1.807, 2.05) is 32.1 Å². The second kappa shape index (κ2) is 10.0. The Balaban J connectivity index is 1.22. The quantitative estimate of drug-likeness (QED) is 0.310. The summed E-state index contributed by atoms with van der Waals surface area (Å²) in [5, 5.41) is 35.6. The third-order valence-electron chi connectivity index (χ3n) is 7.87. The fourth-order valence-corrected chi connectivity index (χ4v) is 5.91. The highest BCUT2D eigenvalue weighted by atomic mass is 16.5. The number of hydrogen-bond acceptors (Lipinski definition) is 10. The van der Waals surface area contributed by atoms with Gasteiger partial charge < -0.3 is 24.6 Å². The minimum atomic E-state index is -1.14. The number of nitrogens with zero attached hydrogens (tertiary/aromatic N) is 7. The van der Waals surface area contributed by atoms with Crippen LogP contribution in [0.25, 0.3) is 16.6 Å². The summed E-state index contributed by atoms with van der Waals surface area (Å²) < 4.78 is 12.6. The minimum Gasteiger partial charge on any atom is -0.489 e. The molecule has 3 atom stereocenters. The molecule has 3 aliphatic heterocycles. The molecule has 4 aromatic rings. The fraction of sp³-hybridized carbons (Fsp3) is 0.379. The maximum absolute atomic E-state index is 11.5. The van der Waals surface area contributed by atoms with Gasteiger partial charge in [0, 0.05) is 60.3 Å². The van der Waals surface area contributed by atoms with E-state index in [0.29, 0.717) is 22.7 Å². The zero-order valence-electron chi connectivity index (χ0n) is 23.5. The number of anilines is 1. The zero-order valence-corrected chi connectivity index (χ0v) is 23.5. The standard InChI is InChI=1S/C29H32BN7O4/c1-28(2,38)17-41-23-9-24(27-19(10-31)12-34-36(27)16-23)18-4-6-25(32-11-18)35-14-21-8-22(15-35)37(21)29(30,39)20-5-7-26(40-3)33-13-20/h4-7,9,11-13,16,21-22,38-39H,8,14-15,17,30H2,1-3H3. The monoisotopic (exact) mass is 553 g/mol. The van der Waals surface area contributed by atoms with Crippen LogP contribution in [0.4, 0.5) is 5.82 Å². The highest BCUT2D eigenvalue weighted by Crippen LogP contribution is 2.42. The van der Waals surface area contributed by atoms with Gasteiger partial charge in [0.2, 0.25) is 5.88 Å². The van der Waals surface area contributed by atoms with Gasteiger partial charge in [-0.3, -0.25) is 4.90 Å². The highest BCUT2D eigenvalue weighted by Gasteiger charge is 2.52. The van der Waals surface area contributed by atoms with Crippen LogP contribution in [-0.4, -0.2) is 87.0 Å². The van der Waals surface area contributed by atoms with Crippen LogP contribution >= 0.6 is 0 Å². The first-order chi connectivity index (χ1) is 19.6. The molecule has 7 rings (SSSR count). The molecule has 210 valence electrons. The number of pyridine rings is 3. The van der Waals surface area contributed by atoms with Crippen molar-refractivity contribution in [1.29, 1.82) is 5.26 Å². The van der Waals surface area contributed by atoms with Crippen molar-refractivity contribution in [2.45, 2.75) is 43.6 Å². The van der Waals surface area contributed by atoms with Gasteiger partial charge in [-0.2, -0.15) is 10.4 Å². The zero-order chi connectivity index (χ0) is 28.9. The molecule has 0 radical (unpaired) electrons. The Kier molecular flexibility index (Phi) is 6.61. The van der Waals surface area contributed by atoms with Crippen LogP contribution in [0.2, 0.25) is 0 Å². The Morgan fingerprint density at radius 2 is 1.88 bits per heavy atom. The van der Waals surface area contributed by atoms with Crippen LogP contribution in [0, 0.1) is 11.3 Å². The largest absolute Gasteiger partial charge is 0.489 e. The van der Waals surface area contributed by atoms with Crippen molar-refractivity contribution in [3.8, 4) is 28.8 Å². The molecule has 11 nitrogen and oxygen atoms in total. The summed E-state index contributed by atoms with van der Waals surface area (Å²) in [6.07, 6.45) is 7.72. The molecule has 4 aromatic heterocycles. The van der Waals surface area contributed by atoms with Gasteiger partial charge in [0.15, 0.2) is 7.85 Å². The molecular weight excluding hydrogens is 521 g/mol. The Morgan fingerprint density at radius 1 is 1.10 bits per heavy atom. The molecule has 3 aliphatic rings. The van der Waals surface area contributed by atoms with E-state index < -0.39 is 11.2 Å². The number of methoxy groups -OCH3 is 1. The number of rotatable bonds is 8. The smallest absolute Gasteiger partial charge is 0.212 e. The van der Waals surface area contributed by atoms with Gasteiger partial charge in [0.1, 0.15) is 29.9 Å². The molecule has 3 fully saturated rings. The van der Waals surface area contributed by atoms with E-state index in [1.165, 1.54) is 6.20 Å². The average Bonchev–Trinajstić information content (AvgIpc) is 3.38. The molecule has 0 aromatic carbocycles. The van der Waals surface area contributed by atoms with Gasteiger partial charge in [0.05, 0.1) is 36.2 Å². The summed E-state index contributed by atoms with van der Waals surface area (Å²) in [6.45, 7) is 4.95. The predicted molar refractivity (Wildman–Crippen MR) is 154 cm³/mol. The molecule has 2 bridgehead atoms. The number of aliphatic hydroxyl groups is 2. The summed E-state index contributed by atoms with van der Waals surface area (Å²) in [5.41, 5.74) is 1.32. The van der Waals surface area contributed by atoms with E-state index in [-0.39, 0.29) is 18.7 Å². The van der Waals surface area contributed by atoms with Crippen molar-refractivity contribution in [1.82, 2.24) is 24.5 Å². The number of piperazine rings is 1. The van der Waals surface area contributed by atoms with Crippen molar-refractivity contribution >= 4 is 19.2 Å². The van der Waals surface area contributed by atoms with E-state index in [2.05, 4.69) is 26.0 Å². The second-order valence-corrected chi connectivity index (χ2v) is 11.5. The van der Waals surface area contributed by atoms with E-state index in [9.17, 15) is 15.5 Å². The number of aromatic nitrogens is 4. The fourth-order valence-electron chi connectivity index (χ4n) is 5.91. The number of nitriles is 1. The third-order valence-corrected chi connectivity index (χ3v) is 7.87. The molecule has 41 heavy (non-hydrogen) atoms. The van der Waals surface area contributed by atoms with Crippen LogP contribution in [-0.2, 0) is 5.62 Å². The van der Waals surface area contributed by atoms with Crippen molar-refractivity contribution in [2.75, 3.05) is 31.7 Å². The van der Waals surface area contributed by atoms with E-state index in [0.717, 1.165) is 42.0 Å². The number of ether oxygens (including phenoxy) is 2.